The molecule has 0 saturated heterocycles. The Bertz CT molecular complexity index is 656. The number of aromatic nitrogens is 3. The van der Waals surface area contributed by atoms with E-state index in [1.54, 1.807) is 11.8 Å². The van der Waals surface area contributed by atoms with E-state index < -0.39 is 0 Å². The Balaban J connectivity index is 1.86. The largest absolute Gasteiger partial charge is 0.492 e. The number of hydrogen-bond donors (Lipinski definition) is 1. The molecular weight excluding hydrogens is 294 g/mol. The van der Waals surface area contributed by atoms with Crippen LogP contribution in [0.1, 0.15) is 39.3 Å². The van der Waals surface area contributed by atoms with E-state index in [1.165, 1.54) is 12.8 Å². The smallest absolute Gasteiger partial charge is 0.136 e. The van der Waals surface area contributed by atoms with Gasteiger partial charge in [-0.3, -0.25) is 10.1 Å². The molecule has 118 valence electrons. The van der Waals surface area contributed by atoms with E-state index >= 15 is 0 Å². The molecule has 0 spiro atoms. The van der Waals surface area contributed by atoms with Gasteiger partial charge in [0.15, 0.2) is 0 Å². The summed E-state index contributed by atoms with van der Waals surface area (Å²) in [5, 5.41) is 7.52. The van der Waals surface area contributed by atoms with Gasteiger partial charge in [-0.15, -0.1) is 11.8 Å². The molecule has 1 saturated carbocycles. The Kier molecular flexibility index (Phi) is 4.17. The van der Waals surface area contributed by atoms with E-state index in [4.69, 9.17) is 4.74 Å². The zero-order valence-electron chi connectivity index (χ0n) is 13.6. The van der Waals surface area contributed by atoms with Crippen molar-refractivity contribution in [1.29, 1.82) is 0 Å². The summed E-state index contributed by atoms with van der Waals surface area (Å²) in [7, 11) is 0. The molecule has 0 amide bonds. The molecule has 2 aromatic rings. The number of pyridine rings is 1. The van der Waals surface area contributed by atoms with Gasteiger partial charge in [0.2, 0.25) is 0 Å². The molecule has 1 N–H and O–H groups in total. The van der Waals surface area contributed by atoms with E-state index in [2.05, 4.69) is 42.0 Å². The highest BCUT2D eigenvalue weighted by atomic mass is 32.2. The number of H-pyrrole nitrogens is 1. The average molecular weight is 317 g/mol. The highest BCUT2D eigenvalue weighted by molar-refractivity contribution is 7.98. The maximum Gasteiger partial charge on any atom is 0.136 e. The second kappa shape index (κ2) is 5.95. The number of nitrogens with one attached hydrogen (secondary N) is 1. The van der Waals surface area contributed by atoms with Crippen molar-refractivity contribution in [2.75, 3.05) is 12.9 Å². The van der Waals surface area contributed by atoms with Crippen molar-refractivity contribution >= 4 is 11.8 Å². The Hall–Kier alpha value is -1.49. The summed E-state index contributed by atoms with van der Waals surface area (Å²) in [6, 6.07) is 4.09. The van der Waals surface area contributed by atoms with Gasteiger partial charge < -0.3 is 4.74 Å². The minimum atomic E-state index is 0.0514. The Labute approximate surface area is 136 Å². The SMILES string of the molecule is CSc1cnc(-c2cc(C(C)(C)C)[nH]n2)cc1OCC1CC1. The van der Waals surface area contributed by atoms with E-state index in [0.29, 0.717) is 0 Å². The maximum absolute atomic E-state index is 5.99. The molecule has 3 rings (SSSR count). The predicted octanol–water partition coefficient (Wildman–Crippen LogP) is 4.28. The first-order valence-electron chi connectivity index (χ1n) is 7.70. The molecule has 0 aromatic carbocycles. The summed E-state index contributed by atoms with van der Waals surface area (Å²) < 4.78 is 5.99. The first-order valence-corrected chi connectivity index (χ1v) is 8.93. The van der Waals surface area contributed by atoms with Crippen LogP contribution in [-0.4, -0.2) is 28.0 Å². The standard InChI is InChI=1S/C17H23N3OS/c1-17(2,3)16-8-13(19-20-16)12-7-14(15(22-4)9-18-12)21-10-11-5-6-11/h7-9,11H,5-6,10H2,1-4H3,(H,19,20). The lowest BCUT2D eigenvalue weighted by Crippen LogP contribution is -2.11. The zero-order valence-corrected chi connectivity index (χ0v) is 14.5. The van der Waals surface area contributed by atoms with Crippen LogP contribution in [0.3, 0.4) is 0 Å². The monoisotopic (exact) mass is 317 g/mol. The molecule has 0 aliphatic heterocycles. The Morgan fingerprint density at radius 1 is 1.27 bits per heavy atom. The third kappa shape index (κ3) is 3.46. The molecule has 0 atom stereocenters. The minimum Gasteiger partial charge on any atom is -0.492 e. The average Bonchev–Trinajstić information content (AvgIpc) is 3.17. The third-order valence-corrected chi connectivity index (χ3v) is 4.62. The molecule has 0 unspecified atom stereocenters. The van der Waals surface area contributed by atoms with Crippen molar-refractivity contribution in [3.8, 4) is 17.1 Å². The number of hydrogen-bond acceptors (Lipinski definition) is 4. The van der Waals surface area contributed by atoms with Crippen LogP contribution in [0.15, 0.2) is 23.2 Å². The summed E-state index contributed by atoms with van der Waals surface area (Å²) in [5.74, 6) is 1.66. The van der Waals surface area contributed by atoms with Crippen LogP contribution in [0, 0.1) is 5.92 Å². The molecule has 22 heavy (non-hydrogen) atoms. The Morgan fingerprint density at radius 3 is 2.64 bits per heavy atom. The second-order valence-electron chi connectivity index (χ2n) is 6.89. The summed E-state index contributed by atoms with van der Waals surface area (Å²) >= 11 is 1.67. The fraction of sp³-hybridized carbons (Fsp3) is 0.529. The van der Waals surface area contributed by atoms with Crippen LogP contribution < -0.4 is 4.74 Å². The molecule has 1 aliphatic rings. The van der Waals surface area contributed by atoms with Crippen LogP contribution in [0.25, 0.3) is 11.4 Å². The number of rotatable bonds is 5. The second-order valence-corrected chi connectivity index (χ2v) is 7.74. The number of aromatic amines is 1. The summed E-state index contributed by atoms with van der Waals surface area (Å²) in [5.41, 5.74) is 2.89. The molecule has 2 heterocycles. The van der Waals surface area contributed by atoms with E-state index in [-0.39, 0.29) is 5.41 Å². The van der Waals surface area contributed by atoms with E-state index in [1.807, 2.05) is 18.5 Å². The molecule has 1 fully saturated rings. The van der Waals surface area contributed by atoms with Crippen molar-refractivity contribution in [2.24, 2.45) is 5.92 Å². The number of nitrogens with zero attached hydrogens (tertiary/aromatic N) is 2. The van der Waals surface area contributed by atoms with Crippen molar-refractivity contribution in [3.63, 3.8) is 0 Å². The molecule has 1 aliphatic carbocycles. The highest BCUT2D eigenvalue weighted by Crippen LogP contribution is 2.34. The molecule has 5 heteroatoms. The molecule has 0 bridgehead atoms. The summed E-state index contributed by atoms with van der Waals surface area (Å²) in [6.07, 6.45) is 6.52. The Morgan fingerprint density at radius 2 is 2.05 bits per heavy atom. The van der Waals surface area contributed by atoms with Crippen LogP contribution in [0.2, 0.25) is 0 Å². The van der Waals surface area contributed by atoms with Gasteiger partial charge in [0.05, 0.1) is 17.2 Å². The van der Waals surface area contributed by atoms with Gasteiger partial charge in [0, 0.05) is 23.4 Å². The molecular formula is C17H23N3OS. The lowest BCUT2D eigenvalue weighted by atomic mass is 9.92. The van der Waals surface area contributed by atoms with Gasteiger partial charge in [-0.05, 0) is 31.1 Å². The summed E-state index contributed by atoms with van der Waals surface area (Å²) in [4.78, 5) is 5.61. The lowest BCUT2D eigenvalue weighted by Gasteiger charge is -2.14. The van der Waals surface area contributed by atoms with Gasteiger partial charge in [-0.2, -0.15) is 5.10 Å². The van der Waals surface area contributed by atoms with E-state index in [0.717, 1.165) is 40.3 Å². The third-order valence-electron chi connectivity index (χ3n) is 3.87. The van der Waals surface area contributed by atoms with Crippen LogP contribution >= 0.6 is 11.8 Å². The van der Waals surface area contributed by atoms with Crippen molar-refractivity contribution in [3.05, 3.63) is 24.0 Å². The van der Waals surface area contributed by atoms with Crippen molar-refractivity contribution < 1.29 is 4.74 Å². The normalized spacial score (nSPS) is 15.1. The minimum absolute atomic E-state index is 0.0514. The van der Waals surface area contributed by atoms with Crippen LogP contribution in [0.5, 0.6) is 5.75 Å². The van der Waals surface area contributed by atoms with Gasteiger partial charge in [-0.25, -0.2) is 0 Å². The van der Waals surface area contributed by atoms with Crippen molar-refractivity contribution in [2.45, 2.75) is 43.9 Å². The van der Waals surface area contributed by atoms with Gasteiger partial charge in [-0.1, -0.05) is 20.8 Å². The van der Waals surface area contributed by atoms with Gasteiger partial charge >= 0.3 is 0 Å². The summed E-state index contributed by atoms with van der Waals surface area (Å²) in [6.45, 7) is 7.31. The topological polar surface area (TPSA) is 50.8 Å². The van der Waals surface area contributed by atoms with Gasteiger partial charge in [0.1, 0.15) is 11.4 Å². The molecule has 0 radical (unpaired) electrons. The van der Waals surface area contributed by atoms with Crippen LogP contribution in [-0.2, 0) is 5.41 Å². The van der Waals surface area contributed by atoms with E-state index in [9.17, 15) is 0 Å². The maximum atomic E-state index is 5.99. The molecule has 4 nitrogen and oxygen atoms in total. The highest BCUT2D eigenvalue weighted by Gasteiger charge is 2.23. The molecule has 2 aromatic heterocycles. The first kappa shape index (κ1) is 15.4. The fourth-order valence-corrected chi connectivity index (χ4v) is 2.64. The lowest BCUT2D eigenvalue weighted by molar-refractivity contribution is 0.293. The van der Waals surface area contributed by atoms with Crippen LogP contribution in [0.4, 0.5) is 0 Å². The van der Waals surface area contributed by atoms with Crippen molar-refractivity contribution in [1.82, 2.24) is 15.2 Å². The fourth-order valence-electron chi connectivity index (χ4n) is 2.16. The first-order chi connectivity index (χ1) is 10.5. The van der Waals surface area contributed by atoms with Gasteiger partial charge in [0.25, 0.3) is 0 Å². The predicted molar refractivity (Wildman–Crippen MR) is 90.5 cm³/mol. The number of ether oxygens (including phenoxy) is 1. The quantitative estimate of drug-likeness (QED) is 0.836. The zero-order chi connectivity index (χ0) is 15.7. The number of thioether (sulfide) groups is 1.